The van der Waals surface area contributed by atoms with E-state index in [0.717, 1.165) is 4.90 Å². The van der Waals surface area contributed by atoms with Crippen LogP contribution in [0.25, 0.3) is 0 Å². The topological polar surface area (TPSA) is 127 Å². The van der Waals surface area contributed by atoms with Gasteiger partial charge in [0, 0.05) is 13.0 Å². The van der Waals surface area contributed by atoms with Crippen molar-refractivity contribution in [1.82, 2.24) is 4.90 Å². The summed E-state index contributed by atoms with van der Waals surface area (Å²) in [6.07, 6.45) is -0.344. The molecular weight excluding hydrogens is 202 g/mol. The van der Waals surface area contributed by atoms with Gasteiger partial charge in [-0.2, -0.15) is 0 Å². The van der Waals surface area contributed by atoms with E-state index in [2.05, 4.69) is 0 Å². The maximum absolute atomic E-state index is 11.6. The summed E-state index contributed by atoms with van der Waals surface area (Å²) < 4.78 is 0. The van der Waals surface area contributed by atoms with Crippen LogP contribution in [0.5, 0.6) is 0 Å². The highest BCUT2D eigenvalue weighted by molar-refractivity contribution is 5.94. The Bertz CT molecular complexity index is 317. The summed E-state index contributed by atoms with van der Waals surface area (Å²) in [5.74, 6) is -2.08. The summed E-state index contributed by atoms with van der Waals surface area (Å²) in [6.45, 7) is -0.0501. The molecule has 1 fully saturated rings. The average molecular weight is 215 g/mol. The van der Waals surface area contributed by atoms with Crippen molar-refractivity contribution in [1.29, 1.82) is 0 Å². The van der Waals surface area contributed by atoms with Gasteiger partial charge in [-0.25, -0.2) is 0 Å². The Labute approximate surface area is 86.0 Å². The van der Waals surface area contributed by atoms with Gasteiger partial charge >= 0.3 is 0 Å². The first-order valence-corrected chi connectivity index (χ1v) is 4.43. The van der Waals surface area contributed by atoms with Crippen molar-refractivity contribution in [2.24, 2.45) is 11.5 Å². The number of likely N-dealkylation sites (tertiary alicyclic amines) is 1. The zero-order valence-electron chi connectivity index (χ0n) is 8.10. The first-order chi connectivity index (χ1) is 6.85. The zero-order chi connectivity index (χ0) is 11.6. The van der Waals surface area contributed by atoms with E-state index in [9.17, 15) is 19.5 Å². The second-order valence-corrected chi connectivity index (χ2v) is 3.62. The number of carbonyl (C=O) groups is 3. The molecule has 0 aromatic rings. The Balaban J connectivity index is 2.70. The van der Waals surface area contributed by atoms with Crippen molar-refractivity contribution < 1.29 is 19.5 Å². The van der Waals surface area contributed by atoms with Gasteiger partial charge in [-0.15, -0.1) is 0 Å². The average Bonchev–Trinajstić information content (AvgIpc) is 2.31. The minimum atomic E-state index is -1.76. The van der Waals surface area contributed by atoms with Crippen LogP contribution in [0, 0.1) is 0 Å². The number of nitrogens with zero attached hydrogens (tertiary/aromatic N) is 1. The molecule has 3 amide bonds. The summed E-state index contributed by atoms with van der Waals surface area (Å²) in [4.78, 5) is 33.9. The van der Waals surface area contributed by atoms with Gasteiger partial charge in [-0.3, -0.25) is 14.4 Å². The van der Waals surface area contributed by atoms with Gasteiger partial charge in [-0.1, -0.05) is 0 Å². The number of hydrogen-bond donors (Lipinski definition) is 3. The number of primary amides is 2. The van der Waals surface area contributed by atoms with Gasteiger partial charge < -0.3 is 21.5 Å². The molecule has 1 aliphatic rings. The van der Waals surface area contributed by atoms with E-state index in [1.54, 1.807) is 0 Å². The molecule has 1 heterocycles. The molecule has 0 radical (unpaired) electrons. The molecule has 1 saturated heterocycles. The second kappa shape index (κ2) is 3.85. The van der Waals surface area contributed by atoms with E-state index in [1.165, 1.54) is 0 Å². The second-order valence-electron chi connectivity index (χ2n) is 3.62. The molecule has 84 valence electrons. The first-order valence-electron chi connectivity index (χ1n) is 4.43. The summed E-state index contributed by atoms with van der Waals surface area (Å²) in [6, 6.07) is 0. The van der Waals surface area contributed by atoms with E-state index >= 15 is 0 Å². The molecule has 1 atom stereocenters. The van der Waals surface area contributed by atoms with Crippen molar-refractivity contribution >= 4 is 17.7 Å². The Morgan fingerprint density at radius 1 is 1.40 bits per heavy atom. The predicted molar refractivity (Wildman–Crippen MR) is 49.2 cm³/mol. The Kier molecular flexibility index (Phi) is 2.94. The zero-order valence-corrected chi connectivity index (χ0v) is 8.10. The summed E-state index contributed by atoms with van der Waals surface area (Å²) in [5, 5.41) is 9.77. The number of rotatable bonds is 4. The quantitative estimate of drug-likeness (QED) is 0.472. The van der Waals surface area contributed by atoms with Gasteiger partial charge in [0.1, 0.15) is 0 Å². The van der Waals surface area contributed by atoms with Gasteiger partial charge in [0.05, 0.1) is 13.0 Å². The summed E-state index contributed by atoms with van der Waals surface area (Å²) in [5.41, 5.74) is 8.06. The molecule has 0 saturated carbocycles. The SMILES string of the molecule is NC(=O)CN1CCC(O)(CC(N)=O)C1=O. The van der Waals surface area contributed by atoms with E-state index in [4.69, 9.17) is 11.5 Å². The van der Waals surface area contributed by atoms with Crippen LogP contribution in [0.1, 0.15) is 12.8 Å². The largest absolute Gasteiger partial charge is 0.379 e. The molecule has 0 spiro atoms. The molecule has 7 heteroatoms. The van der Waals surface area contributed by atoms with Crippen molar-refractivity contribution in [3.8, 4) is 0 Å². The van der Waals surface area contributed by atoms with Crippen LogP contribution in [0.3, 0.4) is 0 Å². The van der Waals surface area contributed by atoms with Crippen LogP contribution in [0.2, 0.25) is 0 Å². The van der Waals surface area contributed by atoms with Crippen LogP contribution < -0.4 is 11.5 Å². The van der Waals surface area contributed by atoms with Crippen molar-refractivity contribution in [2.75, 3.05) is 13.1 Å². The minimum absolute atomic E-state index is 0.0854. The van der Waals surface area contributed by atoms with Crippen LogP contribution in [0.4, 0.5) is 0 Å². The lowest BCUT2D eigenvalue weighted by atomic mass is 9.98. The van der Waals surface area contributed by atoms with Crippen molar-refractivity contribution in [2.45, 2.75) is 18.4 Å². The lowest BCUT2D eigenvalue weighted by Gasteiger charge is -2.19. The third-order valence-corrected chi connectivity index (χ3v) is 2.29. The Hall–Kier alpha value is -1.63. The number of nitrogens with two attached hydrogens (primary N) is 2. The molecule has 1 aliphatic heterocycles. The van der Waals surface area contributed by atoms with Crippen LogP contribution in [-0.4, -0.2) is 46.4 Å². The molecule has 1 rings (SSSR count). The van der Waals surface area contributed by atoms with Crippen LogP contribution in [-0.2, 0) is 14.4 Å². The number of amides is 3. The fraction of sp³-hybridized carbons (Fsp3) is 0.625. The van der Waals surface area contributed by atoms with Crippen molar-refractivity contribution in [3.63, 3.8) is 0 Å². The fourth-order valence-electron chi connectivity index (χ4n) is 1.61. The maximum atomic E-state index is 11.6. The molecule has 0 aromatic carbocycles. The molecule has 15 heavy (non-hydrogen) atoms. The standard InChI is InChI=1S/C8H13N3O4/c9-5(12)3-8(15)1-2-11(7(8)14)4-6(10)13/h15H,1-4H2,(H2,9,12)(H2,10,13). The van der Waals surface area contributed by atoms with Gasteiger partial charge in [-0.05, 0) is 0 Å². The number of aliphatic hydroxyl groups is 1. The summed E-state index contributed by atoms with van der Waals surface area (Å²) >= 11 is 0. The van der Waals surface area contributed by atoms with Crippen molar-refractivity contribution in [3.05, 3.63) is 0 Å². The number of carbonyl (C=O) groups excluding carboxylic acids is 3. The lowest BCUT2D eigenvalue weighted by molar-refractivity contribution is -0.147. The molecule has 5 N–H and O–H groups in total. The molecule has 0 aromatic heterocycles. The summed E-state index contributed by atoms with van der Waals surface area (Å²) in [7, 11) is 0. The van der Waals surface area contributed by atoms with Gasteiger partial charge in [0.25, 0.3) is 5.91 Å². The van der Waals surface area contributed by atoms with E-state index in [0.29, 0.717) is 0 Å². The first kappa shape index (κ1) is 11.4. The molecular formula is C8H13N3O4. The van der Waals surface area contributed by atoms with Crippen LogP contribution >= 0.6 is 0 Å². The van der Waals surface area contributed by atoms with E-state index < -0.39 is 29.7 Å². The highest BCUT2D eigenvalue weighted by atomic mass is 16.3. The molecule has 0 bridgehead atoms. The normalized spacial score (nSPS) is 25.7. The number of hydrogen-bond acceptors (Lipinski definition) is 4. The Morgan fingerprint density at radius 2 is 2.00 bits per heavy atom. The molecule has 1 unspecified atom stereocenters. The Morgan fingerprint density at radius 3 is 2.47 bits per heavy atom. The maximum Gasteiger partial charge on any atom is 0.255 e. The molecule has 7 nitrogen and oxygen atoms in total. The van der Waals surface area contributed by atoms with Gasteiger partial charge in [0.2, 0.25) is 11.8 Å². The minimum Gasteiger partial charge on any atom is -0.379 e. The smallest absolute Gasteiger partial charge is 0.255 e. The lowest BCUT2D eigenvalue weighted by Crippen LogP contribution is -2.45. The molecule has 0 aliphatic carbocycles. The van der Waals surface area contributed by atoms with E-state index in [1.807, 2.05) is 0 Å². The van der Waals surface area contributed by atoms with Gasteiger partial charge in [0.15, 0.2) is 5.60 Å². The highest BCUT2D eigenvalue weighted by Gasteiger charge is 2.46. The monoisotopic (exact) mass is 215 g/mol. The van der Waals surface area contributed by atoms with E-state index in [-0.39, 0.29) is 19.5 Å². The fourth-order valence-corrected chi connectivity index (χ4v) is 1.61. The predicted octanol–water partition coefficient (Wildman–Crippen LogP) is -2.69. The van der Waals surface area contributed by atoms with Crippen LogP contribution in [0.15, 0.2) is 0 Å². The highest BCUT2D eigenvalue weighted by Crippen LogP contribution is 2.25. The third kappa shape index (κ3) is 2.44. The third-order valence-electron chi connectivity index (χ3n) is 2.29.